The van der Waals surface area contributed by atoms with Crippen molar-refractivity contribution in [2.24, 2.45) is 0 Å². The van der Waals surface area contributed by atoms with Crippen molar-refractivity contribution in [3.8, 4) is 0 Å². The van der Waals surface area contributed by atoms with E-state index < -0.39 is 0 Å². The van der Waals surface area contributed by atoms with Gasteiger partial charge in [-0.1, -0.05) is 0 Å². The zero-order chi connectivity index (χ0) is 7.84. The molecule has 2 heterocycles. The molecule has 0 atom stereocenters. The number of nitrogens with zero attached hydrogens (tertiary/aromatic N) is 3. The van der Waals surface area contributed by atoms with Crippen molar-refractivity contribution in [3.05, 3.63) is 27.9 Å². The highest BCUT2D eigenvalue weighted by atomic mass is 79.9. The summed E-state index contributed by atoms with van der Waals surface area (Å²) in [6, 6.07) is 0. The van der Waals surface area contributed by atoms with E-state index in [1.54, 1.807) is 12.4 Å². The fraction of sp³-hybridized carbons (Fsp3) is 0. The third-order valence-electron chi connectivity index (χ3n) is 1.36. The summed E-state index contributed by atoms with van der Waals surface area (Å²) in [6.45, 7) is 0. The van der Waals surface area contributed by atoms with E-state index in [1.807, 2.05) is 10.6 Å². The van der Waals surface area contributed by atoms with Gasteiger partial charge in [0, 0.05) is 12.4 Å². The lowest BCUT2D eigenvalue weighted by molar-refractivity contribution is 1.07. The van der Waals surface area contributed by atoms with E-state index in [4.69, 9.17) is 0 Å². The van der Waals surface area contributed by atoms with E-state index in [1.165, 1.54) is 0 Å². The topological polar surface area (TPSA) is 30.2 Å². The molecular formula is C6H3Br2N3. The number of imidazole rings is 1. The minimum absolute atomic E-state index is 0.779. The molecular weight excluding hydrogens is 274 g/mol. The summed E-state index contributed by atoms with van der Waals surface area (Å²) in [5.41, 5.74) is 0.958. The van der Waals surface area contributed by atoms with E-state index in [2.05, 4.69) is 41.8 Å². The van der Waals surface area contributed by atoms with Gasteiger partial charge in [-0.05, 0) is 31.9 Å². The highest BCUT2D eigenvalue weighted by Crippen LogP contribution is 2.20. The van der Waals surface area contributed by atoms with E-state index >= 15 is 0 Å². The fourth-order valence-electron chi connectivity index (χ4n) is 0.867. The van der Waals surface area contributed by atoms with Gasteiger partial charge in [0.15, 0.2) is 4.73 Å². The highest BCUT2D eigenvalue weighted by molar-refractivity contribution is 9.11. The molecule has 0 fully saturated rings. The fourth-order valence-corrected chi connectivity index (χ4v) is 2.05. The Balaban J connectivity index is 2.95. The number of hydrogen-bond donors (Lipinski definition) is 0. The quantitative estimate of drug-likeness (QED) is 0.739. The molecule has 2 aromatic rings. The van der Waals surface area contributed by atoms with Gasteiger partial charge >= 0.3 is 0 Å². The van der Waals surface area contributed by atoms with Gasteiger partial charge in [-0.15, -0.1) is 0 Å². The molecule has 0 aliphatic heterocycles. The molecule has 3 nitrogen and oxygen atoms in total. The Hall–Kier alpha value is -0.420. The summed E-state index contributed by atoms with van der Waals surface area (Å²) >= 11 is 6.63. The van der Waals surface area contributed by atoms with Crippen LogP contribution >= 0.6 is 31.9 Å². The summed E-state index contributed by atoms with van der Waals surface area (Å²) < 4.78 is 3.48. The van der Waals surface area contributed by atoms with Gasteiger partial charge in [-0.25, -0.2) is 4.98 Å². The molecule has 0 aliphatic carbocycles. The van der Waals surface area contributed by atoms with Crippen LogP contribution in [0.15, 0.2) is 27.9 Å². The normalized spacial score (nSPS) is 10.7. The zero-order valence-corrected chi connectivity index (χ0v) is 8.50. The standard InChI is InChI=1S/C6H3Br2N3/c7-5-4-3-9-1-2-11(4)6(8)10-5/h1-3H. The van der Waals surface area contributed by atoms with Crippen LogP contribution in [-0.2, 0) is 0 Å². The third kappa shape index (κ3) is 1.08. The van der Waals surface area contributed by atoms with Crippen LogP contribution in [0.5, 0.6) is 0 Å². The molecule has 0 aromatic carbocycles. The molecule has 0 spiro atoms. The van der Waals surface area contributed by atoms with Crippen LogP contribution < -0.4 is 0 Å². The minimum atomic E-state index is 0.779. The Morgan fingerprint density at radius 3 is 2.91 bits per heavy atom. The first-order valence-corrected chi connectivity index (χ1v) is 4.50. The van der Waals surface area contributed by atoms with Crippen LogP contribution in [0.25, 0.3) is 5.52 Å². The van der Waals surface area contributed by atoms with Gasteiger partial charge in [0.2, 0.25) is 0 Å². The molecule has 0 amide bonds. The molecule has 0 saturated heterocycles. The van der Waals surface area contributed by atoms with Crippen LogP contribution in [-0.4, -0.2) is 14.4 Å². The van der Waals surface area contributed by atoms with Crippen LogP contribution in [0.4, 0.5) is 0 Å². The molecule has 0 radical (unpaired) electrons. The average Bonchev–Trinajstić information content (AvgIpc) is 2.30. The highest BCUT2D eigenvalue weighted by Gasteiger charge is 2.04. The van der Waals surface area contributed by atoms with Gasteiger partial charge in [-0.2, -0.15) is 0 Å². The molecule has 0 unspecified atom stereocenters. The van der Waals surface area contributed by atoms with Crippen molar-refractivity contribution in [2.45, 2.75) is 0 Å². The Morgan fingerprint density at radius 1 is 1.36 bits per heavy atom. The SMILES string of the molecule is Brc1nc(Br)n2ccncc12. The first-order valence-electron chi connectivity index (χ1n) is 2.92. The van der Waals surface area contributed by atoms with Gasteiger partial charge in [-0.3, -0.25) is 9.38 Å². The smallest absolute Gasteiger partial charge is 0.182 e. The second kappa shape index (κ2) is 2.57. The van der Waals surface area contributed by atoms with E-state index in [-0.39, 0.29) is 0 Å². The van der Waals surface area contributed by atoms with Crippen molar-refractivity contribution >= 4 is 37.4 Å². The molecule has 5 heteroatoms. The monoisotopic (exact) mass is 275 g/mol. The Kier molecular flexibility index (Phi) is 1.69. The second-order valence-corrected chi connectivity index (χ2v) is 3.46. The van der Waals surface area contributed by atoms with Gasteiger partial charge in [0.25, 0.3) is 0 Å². The van der Waals surface area contributed by atoms with Crippen LogP contribution in [0.2, 0.25) is 0 Å². The molecule has 11 heavy (non-hydrogen) atoms. The maximum absolute atomic E-state index is 4.15. The van der Waals surface area contributed by atoms with E-state index in [0.29, 0.717) is 0 Å². The molecule has 0 bridgehead atoms. The summed E-state index contributed by atoms with van der Waals surface area (Å²) in [5.74, 6) is 0. The lowest BCUT2D eigenvalue weighted by Gasteiger charge is -1.90. The summed E-state index contributed by atoms with van der Waals surface area (Å²) in [4.78, 5) is 8.12. The molecule has 0 aliphatic rings. The van der Waals surface area contributed by atoms with Gasteiger partial charge in [0.05, 0.1) is 11.7 Å². The van der Waals surface area contributed by atoms with Crippen molar-refractivity contribution in [1.82, 2.24) is 14.4 Å². The van der Waals surface area contributed by atoms with Crippen LogP contribution in [0.3, 0.4) is 0 Å². The maximum atomic E-state index is 4.15. The molecule has 0 saturated carbocycles. The number of aromatic nitrogens is 3. The van der Waals surface area contributed by atoms with Crippen molar-refractivity contribution < 1.29 is 0 Å². The number of hydrogen-bond acceptors (Lipinski definition) is 2. The van der Waals surface area contributed by atoms with Gasteiger partial charge in [0.1, 0.15) is 4.60 Å². The van der Waals surface area contributed by atoms with E-state index in [9.17, 15) is 0 Å². The largest absolute Gasteiger partial charge is 0.290 e. The lowest BCUT2D eigenvalue weighted by atomic mass is 10.6. The Labute approximate surface area is 79.7 Å². The Bertz CT molecular complexity index is 360. The predicted molar refractivity (Wildman–Crippen MR) is 48.4 cm³/mol. The zero-order valence-electron chi connectivity index (χ0n) is 5.33. The molecule has 0 N–H and O–H groups in total. The first-order chi connectivity index (χ1) is 5.29. The van der Waals surface area contributed by atoms with Gasteiger partial charge < -0.3 is 0 Å². The average molecular weight is 277 g/mol. The van der Waals surface area contributed by atoms with Crippen molar-refractivity contribution in [2.75, 3.05) is 0 Å². The lowest BCUT2D eigenvalue weighted by Crippen LogP contribution is -1.83. The summed E-state index contributed by atoms with van der Waals surface area (Å²) in [7, 11) is 0. The Morgan fingerprint density at radius 2 is 2.18 bits per heavy atom. The summed E-state index contributed by atoms with van der Waals surface area (Å²) in [5, 5.41) is 0. The van der Waals surface area contributed by atoms with Crippen molar-refractivity contribution in [1.29, 1.82) is 0 Å². The van der Waals surface area contributed by atoms with Crippen LogP contribution in [0, 0.1) is 0 Å². The third-order valence-corrected chi connectivity index (χ3v) is 2.50. The summed E-state index contributed by atoms with van der Waals surface area (Å²) in [6.07, 6.45) is 5.31. The molecule has 56 valence electrons. The number of fused-ring (bicyclic) bond motifs is 1. The minimum Gasteiger partial charge on any atom is -0.290 e. The second-order valence-electron chi connectivity index (χ2n) is 2.00. The molecule has 2 rings (SSSR count). The van der Waals surface area contributed by atoms with Crippen LogP contribution in [0.1, 0.15) is 0 Å². The predicted octanol–water partition coefficient (Wildman–Crippen LogP) is 2.25. The molecule has 2 aromatic heterocycles. The first kappa shape index (κ1) is 7.24. The maximum Gasteiger partial charge on any atom is 0.182 e. The number of rotatable bonds is 0. The number of halogens is 2. The van der Waals surface area contributed by atoms with Crippen molar-refractivity contribution in [3.63, 3.8) is 0 Å². The van der Waals surface area contributed by atoms with E-state index in [0.717, 1.165) is 14.9 Å².